The lowest BCUT2D eigenvalue weighted by Gasteiger charge is -2.36. The number of hydrogen-bond donors (Lipinski definition) is 0. The largest absolute Gasteiger partial charge is 0.484 e. The molecule has 33 heavy (non-hydrogen) atoms. The SMILES string of the molecule is FC(F)(COc1cccc(Br)c1)OC(F)(F)C(F)(F)OC(F)(F)C(F)(F)C(F)(F)C(F)(F)F. The maximum Gasteiger partial charge on any atom is 0.460 e. The summed E-state index contributed by atoms with van der Waals surface area (Å²) in [4.78, 5) is 0. The van der Waals surface area contributed by atoms with Crippen LogP contribution < -0.4 is 4.74 Å². The minimum absolute atomic E-state index is 0.188. The molecule has 0 fully saturated rings. The fraction of sp³-hybridized carbons (Fsp3) is 0.571. The van der Waals surface area contributed by atoms with Gasteiger partial charge in [0, 0.05) is 4.47 Å². The van der Waals surface area contributed by atoms with Crippen molar-refractivity contribution in [2.24, 2.45) is 0 Å². The van der Waals surface area contributed by atoms with Crippen molar-refractivity contribution in [3.05, 3.63) is 28.7 Å². The molecule has 0 atom stereocenters. The highest BCUT2D eigenvalue weighted by atomic mass is 79.9. The van der Waals surface area contributed by atoms with Crippen LogP contribution in [0.25, 0.3) is 0 Å². The molecular formula is C14H6BrF15O3. The molecule has 0 aliphatic heterocycles. The predicted molar refractivity (Wildman–Crippen MR) is 77.5 cm³/mol. The van der Waals surface area contributed by atoms with Crippen molar-refractivity contribution < 1.29 is 80.1 Å². The summed E-state index contributed by atoms with van der Waals surface area (Å²) in [6.07, 6.45) is -34.9. The van der Waals surface area contributed by atoms with Crippen LogP contribution >= 0.6 is 15.9 Å². The third-order valence-corrected chi connectivity index (χ3v) is 3.68. The van der Waals surface area contributed by atoms with E-state index >= 15 is 0 Å². The van der Waals surface area contributed by atoms with Crippen molar-refractivity contribution in [3.63, 3.8) is 0 Å². The van der Waals surface area contributed by atoms with E-state index in [9.17, 15) is 65.9 Å². The average Bonchev–Trinajstić information content (AvgIpc) is 2.57. The van der Waals surface area contributed by atoms with E-state index in [1.165, 1.54) is 10.8 Å². The zero-order valence-corrected chi connectivity index (χ0v) is 16.4. The summed E-state index contributed by atoms with van der Waals surface area (Å²) < 4.78 is 201. The monoisotopic (exact) mass is 586 g/mol. The molecule has 3 nitrogen and oxygen atoms in total. The van der Waals surface area contributed by atoms with E-state index in [1.54, 1.807) is 0 Å². The first-order valence-corrected chi connectivity index (χ1v) is 8.30. The van der Waals surface area contributed by atoms with Crippen molar-refractivity contribution in [3.8, 4) is 5.75 Å². The van der Waals surface area contributed by atoms with Crippen LogP contribution in [-0.4, -0.2) is 49.1 Å². The second kappa shape index (κ2) is 8.86. The number of alkyl halides is 15. The first kappa shape index (κ1) is 29.4. The molecule has 0 N–H and O–H groups in total. The number of rotatable bonds is 10. The van der Waals surface area contributed by atoms with Gasteiger partial charge in [0.15, 0.2) is 6.61 Å². The van der Waals surface area contributed by atoms with Crippen LogP contribution in [0.4, 0.5) is 65.9 Å². The normalized spacial score (nSPS) is 15.0. The summed E-state index contributed by atoms with van der Waals surface area (Å²) in [6.45, 7) is -2.31. The van der Waals surface area contributed by atoms with Gasteiger partial charge in [-0.2, -0.15) is 65.9 Å². The molecule has 0 saturated carbocycles. The number of ether oxygens (including phenoxy) is 3. The lowest BCUT2D eigenvalue weighted by Crippen LogP contribution is -2.64. The lowest BCUT2D eigenvalue weighted by molar-refractivity contribution is -0.542. The Morgan fingerprint density at radius 2 is 1.12 bits per heavy atom. The molecule has 0 aromatic heterocycles. The highest BCUT2D eigenvalue weighted by Crippen LogP contribution is 2.55. The fourth-order valence-electron chi connectivity index (χ4n) is 1.65. The molecule has 1 rings (SSSR count). The van der Waals surface area contributed by atoms with E-state index in [0.717, 1.165) is 18.2 Å². The first-order valence-electron chi connectivity index (χ1n) is 7.51. The highest BCUT2D eigenvalue weighted by Gasteiger charge is 2.85. The van der Waals surface area contributed by atoms with Crippen molar-refractivity contribution in [1.29, 1.82) is 0 Å². The van der Waals surface area contributed by atoms with E-state index in [-0.39, 0.29) is 4.47 Å². The molecule has 192 valence electrons. The Morgan fingerprint density at radius 3 is 1.58 bits per heavy atom. The summed E-state index contributed by atoms with van der Waals surface area (Å²) in [7, 11) is 0. The highest BCUT2D eigenvalue weighted by molar-refractivity contribution is 9.10. The van der Waals surface area contributed by atoms with Gasteiger partial charge in [-0.3, -0.25) is 0 Å². The Labute approximate surface area is 180 Å². The molecular weight excluding hydrogens is 581 g/mol. The summed E-state index contributed by atoms with van der Waals surface area (Å²) >= 11 is 2.84. The molecule has 0 spiro atoms. The van der Waals surface area contributed by atoms with E-state index < -0.39 is 54.8 Å². The van der Waals surface area contributed by atoms with Crippen molar-refractivity contribution in [2.45, 2.75) is 42.5 Å². The van der Waals surface area contributed by atoms with Crippen LogP contribution in [0.5, 0.6) is 5.75 Å². The summed E-state index contributed by atoms with van der Waals surface area (Å²) in [5.74, 6) is -16.2. The van der Waals surface area contributed by atoms with Gasteiger partial charge in [-0.05, 0) is 18.2 Å². The molecule has 0 bridgehead atoms. The topological polar surface area (TPSA) is 27.7 Å². The smallest absolute Gasteiger partial charge is 0.460 e. The average molecular weight is 587 g/mol. The van der Waals surface area contributed by atoms with E-state index in [0.29, 0.717) is 0 Å². The van der Waals surface area contributed by atoms with Gasteiger partial charge in [0.05, 0.1) is 0 Å². The summed E-state index contributed by atoms with van der Waals surface area (Å²) in [5, 5.41) is 0. The molecule has 1 aromatic carbocycles. The van der Waals surface area contributed by atoms with Crippen LogP contribution in [0.3, 0.4) is 0 Å². The van der Waals surface area contributed by atoms with E-state index in [1.807, 2.05) is 0 Å². The van der Waals surface area contributed by atoms with Crippen molar-refractivity contribution in [2.75, 3.05) is 6.61 Å². The third kappa shape index (κ3) is 6.28. The molecule has 0 aliphatic rings. The van der Waals surface area contributed by atoms with Gasteiger partial charge in [0.2, 0.25) is 0 Å². The molecule has 0 heterocycles. The zero-order chi connectivity index (χ0) is 26.3. The second-order valence-electron chi connectivity index (χ2n) is 5.78. The molecule has 0 amide bonds. The first-order chi connectivity index (χ1) is 14.4. The van der Waals surface area contributed by atoms with Gasteiger partial charge >= 0.3 is 42.5 Å². The predicted octanol–water partition coefficient (Wildman–Crippen LogP) is 7.07. The molecule has 0 aliphatic carbocycles. The van der Waals surface area contributed by atoms with Gasteiger partial charge in [-0.15, -0.1) is 0 Å². The van der Waals surface area contributed by atoms with Gasteiger partial charge in [0.25, 0.3) is 0 Å². The second-order valence-corrected chi connectivity index (χ2v) is 6.70. The molecule has 0 radical (unpaired) electrons. The zero-order valence-electron chi connectivity index (χ0n) is 14.8. The maximum atomic E-state index is 13.4. The van der Waals surface area contributed by atoms with Crippen LogP contribution in [0, 0.1) is 0 Å². The minimum Gasteiger partial charge on any atom is -0.484 e. The minimum atomic E-state index is -7.90. The van der Waals surface area contributed by atoms with Crippen LogP contribution in [0.2, 0.25) is 0 Å². The molecule has 1 aromatic rings. The van der Waals surface area contributed by atoms with Crippen LogP contribution in [0.1, 0.15) is 0 Å². The summed E-state index contributed by atoms with van der Waals surface area (Å²) in [5.41, 5.74) is 0. The number of halogens is 16. The van der Waals surface area contributed by atoms with Gasteiger partial charge in [-0.1, -0.05) is 22.0 Å². The van der Waals surface area contributed by atoms with E-state index in [4.69, 9.17) is 0 Å². The fourth-order valence-corrected chi connectivity index (χ4v) is 2.02. The molecule has 19 heteroatoms. The Hall–Kier alpha value is -1.63. The van der Waals surface area contributed by atoms with Crippen molar-refractivity contribution in [1.82, 2.24) is 0 Å². The van der Waals surface area contributed by atoms with Gasteiger partial charge in [0.1, 0.15) is 5.75 Å². The molecule has 0 saturated heterocycles. The molecule has 0 unspecified atom stereocenters. The lowest BCUT2D eigenvalue weighted by atomic mass is 10.1. The van der Waals surface area contributed by atoms with Gasteiger partial charge < -0.3 is 4.74 Å². The standard InChI is InChI=1S/C14H6BrF15O3/c15-6-2-1-3-7(4-6)31-5-8(16,17)32-13(27,28)14(29,30)33-12(25,26)10(20,21)9(18,19)11(22,23)24/h1-4H,5H2. The Balaban J connectivity index is 3.06. The maximum absolute atomic E-state index is 13.4. The number of hydrogen-bond acceptors (Lipinski definition) is 3. The third-order valence-electron chi connectivity index (χ3n) is 3.19. The number of benzene rings is 1. The quantitative estimate of drug-likeness (QED) is 0.275. The Kier molecular flexibility index (Phi) is 7.90. The van der Waals surface area contributed by atoms with Crippen LogP contribution in [0.15, 0.2) is 28.7 Å². The van der Waals surface area contributed by atoms with E-state index in [2.05, 4.69) is 25.4 Å². The van der Waals surface area contributed by atoms with Crippen LogP contribution in [-0.2, 0) is 9.47 Å². The summed E-state index contributed by atoms with van der Waals surface area (Å²) in [6, 6.07) is 4.38. The van der Waals surface area contributed by atoms with Gasteiger partial charge in [-0.25, -0.2) is 9.47 Å². The Morgan fingerprint density at radius 1 is 0.636 bits per heavy atom. The Bertz CT molecular complexity index is 824. The van der Waals surface area contributed by atoms with Crippen molar-refractivity contribution >= 4 is 15.9 Å².